The van der Waals surface area contributed by atoms with E-state index in [2.05, 4.69) is 16.4 Å². The van der Waals surface area contributed by atoms with E-state index in [1.54, 1.807) is 0 Å². The molecule has 1 saturated heterocycles. The zero-order valence-electron chi connectivity index (χ0n) is 15.1. The molecule has 2 amide bonds. The SMILES string of the molecule is CCC(=O)NC1CCCN(C(=O)c2cc3cc(C)ccc3nc2C)C1. The van der Waals surface area contributed by atoms with Crippen molar-refractivity contribution in [3.8, 4) is 0 Å². The van der Waals surface area contributed by atoms with Crippen LogP contribution in [0.25, 0.3) is 10.9 Å². The molecule has 1 aliphatic rings. The van der Waals surface area contributed by atoms with E-state index in [1.165, 1.54) is 0 Å². The third-order valence-electron chi connectivity index (χ3n) is 4.79. The highest BCUT2D eigenvalue weighted by molar-refractivity contribution is 5.98. The first kappa shape index (κ1) is 17.4. The standard InChI is InChI=1S/C20H25N3O2/c1-4-19(24)22-16-6-5-9-23(12-16)20(25)17-11-15-10-13(2)7-8-18(15)21-14(17)3/h7-8,10-11,16H,4-6,9,12H2,1-3H3,(H,22,24). The summed E-state index contributed by atoms with van der Waals surface area (Å²) in [6.45, 7) is 7.05. The molecule has 5 nitrogen and oxygen atoms in total. The fourth-order valence-corrected chi connectivity index (χ4v) is 3.39. The Labute approximate surface area is 148 Å². The molecule has 1 aromatic heterocycles. The lowest BCUT2D eigenvalue weighted by molar-refractivity contribution is -0.121. The van der Waals surface area contributed by atoms with Crippen LogP contribution < -0.4 is 5.32 Å². The van der Waals surface area contributed by atoms with E-state index in [1.807, 2.05) is 43.9 Å². The highest BCUT2D eigenvalue weighted by Crippen LogP contribution is 2.21. The monoisotopic (exact) mass is 339 g/mol. The van der Waals surface area contributed by atoms with Crippen molar-refractivity contribution in [3.05, 3.63) is 41.1 Å². The molecule has 1 atom stereocenters. The Morgan fingerprint density at radius 3 is 2.84 bits per heavy atom. The van der Waals surface area contributed by atoms with Gasteiger partial charge in [0.05, 0.1) is 16.8 Å². The summed E-state index contributed by atoms with van der Waals surface area (Å²) < 4.78 is 0. The number of pyridine rings is 1. The van der Waals surface area contributed by atoms with Gasteiger partial charge in [0.1, 0.15) is 0 Å². The Morgan fingerprint density at radius 2 is 2.08 bits per heavy atom. The third kappa shape index (κ3) is 3.81. The van der Waals surface area contributed by atoms with Gasteiger partial charge in [0.25, 0.3) is 5.91 Å². The van der Waals surface area contributed by atoms with E-state index >= 15 is 0 Å². The van der Waals surface area contributed by atoms with Crippen LogP contribution in [0.1, 0.15) is 47.8 Å². The second kappa shape index (κ2) is 7.21. The highest BCUT2D eigenvalue weighted by Gasteiger charge is 2.26. The van der Waals surface area contributed by atoms with E-state index in [-0.39, 0.29) is 17.9 Å². The number of amides is 2. The summed E-state index contributed by atoms with van der Waals surface area (Å²) in [6, 6.07) is 8.06. The van der Waals surface area contributed by atoms with Crippen molar-refractivity contribution in [2.75, 3.05) is 13.1 Å². The third-order valence-corrected chi connectivity index (χ3v) is 4.79. The van der Waals surface area contributed by atoms with E-state index < -0.39 is 0 Å². The predicted octanol–water partition coefficient (Wildman–Crippen LogP) is 2.98. The van der Waals surface area contributed by atoms with Crippen LogP contribution in [-0.2, 0) is 4.79 Å². The van der Waals surface area contributed by atoms with Gasteiger partial charge < -0.3 is 10.2 Å². The molecular formula is C20H25N3O2. The van der Waals surface area contributed by atoms with Crippen LogP contribution in [0.15, 0.2) is 24.3 Å². The molecular weight excluding hydrogens is 314 g/mol. The van der Waals surface area contributed by atoms with Gasteiger partial charge in [0.15, 0.2) is 0 Å². The van der Waals surface area contributed by atoms with E-state index in [4.69, 9.17) is 0 Å². The number of hydrogen-bond donors (Lipinski definition) is 1. The molecule has 0 aliphatic carbocycles. The maximum Gasteiger partial charge on any atom is 0.255 e. The van der Waals surface area contributed by atoms with Gasteiger partial charge in [-0.05, 0) is 44.9 Å². The van der Waals surface area contributed by atoms with Gasteiger partial charge in [-0.1, -0.05) is 18.6 Å². The number of hydrogen-bond acceptors (Lipinski definition) is 3. The summed E-state index contributed by atoms with van der Waals surface area (Å²) in [4.78, 5) is 31.1. The topological polar surface area (TPSA) is 62.3 Å². The Kier molecular flexibility index (Phi) is 5.02. The molecule has 1 N–H and O–H groups in total. The van der Waals surface area contributed by atoms with Gasteiger partial charge in [-0.3, -0.25) is 14.6 Å². The van der Waals surface area contributed by atoms with Crippen LogP contribution >= 0.6 is 0 Å². The van der Waals surface area contributed by atoms with Gasteiger partial charge in [-0.2, -0.15) is 0 Å². The number of likely N-dealkylation sites (tertiary alicyclic amines) is 1. The van der Waals surface area contributed by atoms with Crippen LogP contribution in [0.2, 0.25) is 0 Å². The van der Waals surface area contributed by atoms with Crippen molar-refractivity contribution < 1.29 is 9.59 Å². The average molecular weight is 339 g/mol. The summed E-state index contributed by atoms with van der Waals surface area (Å²) in [7, 11) is 0. The van der Waals surface area contributed by atoms with Gasteiger partial charge in [0, 0.05) is 30.9 Å². The number of fused-ring (bicyclic) bond motifs is 1. The number of benzene rings is 1. The molecule has 3 rings (SSSR count). The van der Waals surface area contributed by atoms with Crippen LogP contribution in [0.3, 0.4) is 0 Å². The number of piperidine rings is 1. The molecule has 5 heteroatoms. The predicted molar refractivity (Wildman–Crippen MR) is 98.6 cm³/mol. The number of carbonyl (C=O) groups excluding carboxylic acids is 2. The highest BCUT2D eigenvalue weighted by atomic mass is 16.2. The smallest absolute Gasteiger partial charge is 0.255 e. The number of nitrogens with one attached hydrogen (secondary N) is 1. The normalized spacial score (nSPS) is 17.6. The molecule has 2 aromatic rings. The number of aryl methyl sites for hydroxylation is 2. The first-order valence-electron chi connectivity index (χ1n) is 8.94. The summed E-state index contributed by atoms with van der Waals surface area (Å²) in [5.41, 5.74) is 3.46. The Morgan fingerprint density at radius 1 is 1.28 bits per heavy atom. The van der Waals surface area contributed by atoms with Gasteiger partial charge in [-0.15, -0.1) is 0 Å². The number of nitrogens with zero attached hydrogens (tertiary/aromatic N) is 2. The van der Waals surface area contributed by atoms with Crippen molar-refractivity contribution in [3.63, 3.8) is 0 Å². The van der Waals surface area contributed by atoms with Gasteiger partial charge >= 0.3 is 0 Å². The van der Waals surface area contributed by atoms with Crippen molar-refractivity contribution in [2.24, 2.45) is 0 Å². The molecule has 0 spiro atoms. The lowest BCUT2D eigenvalue weighted by atomic mass is 10.0. The Balaban J connectivity index is 1.83. The summed E-state index contributed by atoms with van der Waals surface area (Å²) >= 11 is 0. The van der Waals surface area contributed by atoms with Gasteiger partial charge in [-0.25, -0.2) is 0 Å². The Hall–Kier alpha value is -2.43. The summed E-state index contributed by atoms with van der Waals surface area (Å²) in [5.74, 6) is 0.0437. The van der Waals surface area contributed by atoms with E-state index in [9.17, 15) is 9.59 Å². The molecule has 1 unspecified atom stereocenters. The van der Waals surface area contributed by atoms with Crippen LogP contribution in [0.4, 0.5) is 0 Å². The minimum Gasteiger partial charge on any atom is -0.352 e. The van der Waals surface area contributed by atoms with Crippen molar-refractivity contribution in [2.45, 2.75) is 46.1 Å². The maximum absolute atomic E-state index is 13.0. The fourth-order valence-electron chi connectivity index (χ4n) is 3.39. The fraction of sp³-hybridized carbons (Fsp3) is 0.450. The quantitative estimate of drug-likeness (QED) is 0.935. The zero-order valence-corrected chi connectivity index (χ0v) is 15.1. The second-order valence-electron chi connectivity index (χ2n) is 6.83. The van der Waals surface area contributed by atoms with Crippen molar-refractivity contribution in [1.29, 1.82) is 0 Å². The zero-order chi connectivity index (χ0) is 18.0. The molecule has 0 bridgehead atoms. The number of aromatic nitrogens is 1. The van der Waals surface area contributed by atoms with E-state index in [0.29, 0.717) is 18.5 Å². The molecule has 2 heterocycles. The largest absolute Gasteiger partial charge is 0.352 e. The molecule has 25 heavy (non-hydrogen) atoms. The maximum atomic E-state index is 13.0. The van der Waals surface area contributed by atoms with Crippen molar-refractivity contribution in [1.82, 2.24) is 15.2 Å². The molecule has 0 saturated carbocycles. The van der Waals surface area contributed by atoms with Crippen LogP contribution in [0, 0.1) is 13.8 Å². The second-order valence-corrected chi connectivity index (χ2v) is 6.83. The minimum absolute atomic E-state index is 0.00357. The number of carbonyl (C=O) groups is 2. The molecule has 1 aromatic carbocycles. The van der Waals surface area contributed by atoms with E-state index in [0.717, 1.165) is 41.5 Å². The first-order chi connectivity index (χ1) is 12.0. The number of rotatable bonds is 3. The summed E-state index contributed by atoms with van der Waals surface area (Å²) in [6.07, 6.45) is 2.29. The molecule has 1 aliphatic heterocycles. The average Bonchev–Trinajstić information content (AvgIpc) is 2.61. The minimum atomic E-state index is 0.00357. The summed E-state index contributed by atoms with van der Waals surface area (Å²) in [5, 5.41) is 4.00. The Bertz CT molecular complexity index is 816. The van der Waals surface area contributed by atoms with Gasteiger partial charge in [0.2, 0.25) is 5.91 Å². The molecule has 0 radical (unpaired) electrons. The van der Waals surface area contributed by atoms with Crippen LogP contribution in [0.5, 0.6) is 0 Å². The molecule has 1 fully saturated rings. The lowest BCUT2D eigenvalue weighted by Gasteiger charge is -2.33. The molecule has 132 valence electrons. The first-order valence-corrected chi connectivity index (χ1v) is 8.94. The van der Waals surface area contributed by atoms with Crippen LogP contribution in [-0.4, -0.2) is 40.8 Å². The van der Waals surface area contributed by atoms with Crippen molar-refractivity contribution >= 4 is 22.7 Å². The lowest BCUT2D eigenvalue weighted by Crippen LogP contribution is -2.49.